The second-order valence-corrected chi connectivity index (χ2v) is 8.72. The number of aryl methyl sites for hydroxylation is 3. The quantitative estimate of drug-likeness (QED) is 0.395. The number of amides is 2. The van der Waals surface area contributed by atoms with Gasteiger partial charge in [-0.15, -0.1) is 11.8 Å². The van der Waals surface area contributed by atoms with Crippen molar-refractivity contribution in [2.45, 2.75) is 31.4 Å². The molecule has 0 bridgehead atoms. The fourth-order valence-electron chi connectivity index (χ4n) is 3.33. The van der Waals surface area contributed by atoms with Crippen LogP contribution < -0.4 is 16.2 Å². The molecule has 2 heterocycles. The van der Waals surface area contributed by atoms with Crippen molar-refractivity contribution < 1.29 is 4.79 Å². The molecule has 2 N–H and O–H groups in total. The van der Waals surface area contributed by atoms with E-state index < -0.39 is 0 Å². The van der Waals surface area contributed by atoms with Crippen LogP contribution in [0.1, 0.15) is 22.4 Å². The summed E-state index contributed by atoms with van der Waals surface area (Å²) in [5.41, 5.74) is 5.78. The molecular weight excluding hydrogens is 420 g/mol. The molecule has 0 saturated heterocycles. The average molecular weight is 445 g/mol. The van der Waals surface area contributed by atoms with Gasteiger partial charge in [-0.25, -0.2) is 9.78 Å². The normalized spacial score (nSPS) is 10.8. The van der Waals surface area contributed by atoms with Gasteiger partial charge in [0, 0.05) is 28.6 Å². The minimum Gasteiger partial charge on any atom is -0.307 e. The van der Waals surface area contributed by atoms with Crippen molar-refractivity contribution in [3.05, 3.63) is 99.6 Å². The van der Waals surface area contributed by atoms with Crippen LogP contribution >= 0.6 is 11.8 Å². The van der Waals surface area contributed by atoms with Crippen LogP contribution in [-0.4, -0.2) is 15.4 Å². The molecule has 2 aromatic carbocycles. The van der Waals surface area contributed by atoms with Crippen molar-refractivity contribution in [1.82, 2.24) is 9.38 Å². The van der Waals surface area contributed by atoms with Crippen molar-refractivity contribution in [3.63, 3.8) is 0 Å². The van der Waals surface area contributed by atoms with Crippen LogP contribution in [0, 0.1) is 20.8 Å². The summed E-state index contributed by atoms with van der Waals surface area (Å²) in [5.74, 6) is 0.511. The Morgan fingerprint density at radius 3 is 2.53 bits per heavy atom. The SMILES string of the molecule is Cc1ccc(C)c(NC(=O)Nc2ccccc2SCc2cc(=O)n3cc(C)ccc3n2)c1. The second kappa shape index (κ2) is 9.28. The largest absolute Gasteiger partial charge is 0.323 e. The van der Waals surface area contributed by atoms with E-state index in [1.54, 1.807) is 16.7 Å². The van der Waals surface area contributed by atoms with Crippen molar-refractivity contribution in [2.24, 2.45) is 0 Å². The maximum absolute atomic E-state index is 12.6. The van der Waals surface area contributed by atoms with Gasteiger partial charge in [0.25, 0.3) is 5.56 Å². The Balaban J connectivity index is 1.48. The first-order valence-corrected chi connectivity index (χ1v) is 11.2. The Hall–Kier alpha value is -3.58. The first kappa shape index (κ1) is 21.6. The van der Waals surface area contributed by atoms with Crippen LogP contribution in [-0.2, 0) is 5.75 Å². The maximum atomic E-state index is 12.6. The monoisotopic (exact) mass is 444 g/mol. The van der Waals surface area contributed by atoms with Crippen LogP contribution in [0.3, 0.4) is 0 Å². The number of urea groups is 1. The summed E-state index contributed by atoms with van der Waals surface area (Å²) >= 11 is 1.52. The third-order valence-electron chi connectivity index (χ3n) is 5.01. The number of anilines is 2. The minimum absolute atomic E-state index is 0.103. The first-order valence-electron chi connectivity index (χ1n) is 10.2. The molecule has 0 spiro atoms. The van der Waals surface area contributed by atoms with Gasteiger partial charge < -0.3 is 10.6 Å². The highest BCUT2D eigenvalue weighted by molar-refractivity contribution is 7.98. The molecular formula is C25H24N4O2S. The van der Waals surface area contributed by atoms with E-state index in [1.165, 1.54) is 11.8 Å². The number of para-hydroxylation sites is 1. The fraction of sp³-hybridized carbons (Fsp3) is 0.160. The van der Waals surface area contributed by atoms with E-state index in [0.29, 0.717) is 22.8 Å². The Labute approximate surface area is 190 Å². The van der Waals surface area contributed by atoms with Crippen LogP contribution in [0.25, 0.3) is 5.65 Å². The molecule has 2 amide bonds. The Kier molecular flexibility index (Phi) is 6.28. The molecule has 4 aromatic rings. The number of rotatable bonds is 5. The number of hydrogen-bond acceptors (Lipinski definition) is 4. The van der Waals surface area contributed by atoms with E-state index in [1.807, 2.05) is 75.4 Å². The Bertz CT molecular complexity index is 1360. The van der Waals surface area contributed by atoms with Crippen LogP contribution in [0.15, 0.2) is 76.6 Å². The van der Waals surface area contributed by atoms with Gasteiger partial charge in [0.1, 0.15) is 5.65 Å². The molecule has 0 aliphatic rings. The zero-order chi connectivity index (χ0) is 22.7. The van der Waals surface area contributed by atoms with Gasteiger partial charge in [-0.2, -0.15) is 0 Å². The predicted molar refractivity (Wildman–Crippen MR) is 131 cm³/mol. The number of pyridine rings is 1. The lowest BCUT2D eigenvalue weighted by Crippen LogP contribution is -2.20. The lowest BCUT2D eigenvalue weighted by Gasteiger charge is -2.13. The summed E-state index contributed by atoms with van der Waals surface area (Å²) in [4.78, 5) is 30.5. The lowest BCUT2D eigenvalue weighted by molar-refractivity contribution is 0.262. The molecule has 0 aliphatic carbocycles. The molecule has 162 valence electrons. The zero-order valence-electron chi connectivity index (χ0n) is 18.2. The van der Waals surface area contributed by atoms with Gasteiger partial charge in [0.15, 0.2) is 0 Å². The lowest BCUT2D eigenvalue weighted by atomic mass is 10.1. The van der Waals surface area contributed by atoms with Crippen molar-refractivity contribution >= 4 is 34.8 Å². The minimum atomic E-state index is -0.302. The number of carbonyl (C=O) groups excluding carboxylic acids is 1. The topological polar surface area (TPSA) is 75.5 Å². The van der Waals surface area contributed by atoms with E-state index in [0.717, 1.165) is 27.3 Å². The summed E-state index contributed by atoms with van der Waals surface area (Å²) in [6, 6.07) is 18.6. The van der Waals surface area contributed by atoms with Gasteiger partial charge in [-0.1, -0.05) is 30.3 Å². The molecule has 7 heteroatoms. The molecule has 0 aliphatic heterocycles. The molecule has 0 saturated carbocycles. The number of hydrogen-bond donors (Lipinski definition) is 2. The molecule has 6 nitrogen and oxygen atoms in total. The molecule has 4 rings (SSSR count). The van der Waals surface area contributed by atoms with Crippen LogP contribution in [0.4, 0.5) is 16.2 Å². The Morgan fingerprint density at radius 2 is 1.69 bits per heavy atom. The predicted octanol–water partition coefficient (Wildman–Crippen LogP) is 5.56. The molecule has 0 atom stereocenters. The number of nitrogens with zero attached hydrogens (tertiary/aromatic N) is 2. The molecule has 0 unspecified atom stereocenters. The van der Waals surface area contributed by atoms with Gasteiger partial charge in [0.2, 0.25) is 0 Å². The highest BCUT2D eigenvalue weighted by Gasteiger charge is 2.10. The molecule has 2 aromatic heterocycles. The number of thioether (sulfide) groups is 1. The number of benzene rings is 2. The Morgan fingerprint density at radius 1 is 0.938 bits per heavy atom. The second-order valence-electron chi connectivity index (χ2n) is 7.70. The number of carbonyl (C=O) groups is 1. The summed E-state index contributed by atoms with van der Waals surface area (Å²) in [6.45, 7) is 5.89. The number of aromatic nitrogens is 2. The van der Waals surface area contributed by atoms with E-state index in [4.69, 9.17) is 0 Å². The standard InChI is InChI=1S/C25H24N4O2S/c1-16-8-10-18(3)21(12-16)28-25(31)27-20-6-4-5-7-22(20)32-15-19-13-24(30)29-14-17(2)9-11-23(29)26-19/h4-14H,15H2,1-3H3,(H2,27,28,31). The van der Waals surface area contributed by atoms with Crippen LogP contribution in [0.2, 0.25) is 0 Å². The van der Waals surface area contributed by atoms with E-state index in [9.17, 15) is 9.59 Å². The van der Waals surface area contributed by atoms with E-state index in [2.05, 4.69) is 15.6 Å². The summed E-state index contributed by atoms with van der Waals surface area (Å²) in [5, 5.41) is 5.85. The van der Waals surface area contributed by atoms with Crippen LogP contribution in [0.5, 0.6) is 0 Å². The summed E-state index contributed by atoms with van der Waals surface area (Å²) < 4.78 is 1.55. The van der Waals surface area contributed by atoms with E-state index >= 15 is 0 Å². The van der Waals surface area contributed by atoms with Gasteiger partial charge in [0.05, 0.1) is 11.4 Å². The average Bonchev–Trinajstić information content (AvgIpc) is 2.76. The first-order chi connectivity index (χ1) is 15.4. The maximum Gasteiger partial charge on any atom is 0.323 e. The number of nitrogens with one attached hydrogen (secondary N) is 2. The van der Waals surface area contributed by atoms with Crippen molar-refractivity contribution in [3.8, 4) is 0 Å². The smallest absolute Gasteiger partial charge is 0.307 e. The fourth-order valence-corrected chi connectivity index (χ4v) is 4.23. The van der Waals surface area contributed by atoms with Gasteiger partial charge >= 0.3 is 6.03 Å². The zero-order valence-corrected chi connectivity index (χ0v) is 19.0. The molecule has 0 fully saturated rings. The molecule has 0 radical (unpaired) electrons. The third kappa shape index (κ3) is 5.00. The van der Waals surface area contributed by atoms with Gasteiger partial charge in [-0.3, -0.25) is 9.20 Å². The number of fused-ring (bicyclic) bond motifs is 1. The summed E-state index contributed by atoms with van der Waals surface area (Å²) in [6.07, 6.45) is 1.79. The third-order valence-corrected chi connectivity index (χ3v) is 6.12. The summed E-state index contributed by atoms with van der Waals surface area (Å²) in [7, 11) is 0. The van der Waals surface area contributed by atoms with Crippen molar-refractivity contribution in [1.29, 1.82) is 0 Å². The van der Waals surface area contributed by atoms with E-state index in [-0.39, 0.29) is 11.6 Å². The highest BCUT2D eigenvalue weighted by atomic mass is 32.2. The van der Waals surface area contributed by atoms with Gasteiger partial charge in [-0.05, 0) is 61.7 Å². The highest BCUT2D eigenvalue weighted by Crippen LogP contribution is 2.29. The van der Waals surface area contributed by atoms with Crippen molar-refractivity contribution in [2.75, 3.05) is 10.6 Å². The molecule has 32 heavy (non-hydrogen) atoms.